The highest BCUT2D eigenvalue weighted by Gasteiger charge is 2.20. The Hall–Kier alpha value is -1.00. The zero-order valence-electron chi connectivity index (χ0n) is 11.1. The van der Waals surface area contributed by atoms with Crippen molar-refractivity contribution in [2.75, 3.05) is 18.8 Å². The highest BCUT2D eigenvalue weighted by molar-refractivity contribution is 8.00. The molecule has 0 radical (unpaired) electrons. The molecule has 1 aliphatic heterocycles. The number of hydrogen-bond acceptors (Lipinski definition) is 4. The van der Waals surface area contributed by atoms with Gasteiger partial charge in [0.1, 0.15) is 0 Å². The average molecular weight is 310 g/mol. The number of sulfonamides is 1. The molecule has 1 saturated heterocycles. The summed E-state index contributed by atoms with van der Waals surface area (Å²) in [5.74, 6) is 6.68. The van der Waals surface area contributed by atoms with Gasteiger partial charge in [-0.2, -0.15) is 11.8 Å². The normalized spacial score (nSPS) is 18.6. The van der Waals surface area contributed by atoms with E-state index in [1.807, 2.05) is 11.8 Å². The van der Waals surface area contributed by atoms with Crippen LogP contribution >= 0.6 is 11.8 Å². The van der Waals surface area contributed by atoms with Crippen molar-refractivity contribution in [3.05, 3.63) is 29.8 Å². The lowest BCUT2D eigenvalue weighted by atomic mass is 10.2. The molecule has 0 spiro atoms. The van der Waals surface area contributed by atoms with E-state index in [9.17, 15) is 8.42 Å². The van der Waals surface area contributed by atoms with Gasteiger partial charge >= 0.3 is 0 Å². The van der Waals surface area contributed by atoms with Crippen molar-refractivity contribution in [1.82, 2.24) is 4.72 Å². The summed E-state index contributed by atoms with van der Waals surface area (Å²) in [4.78, 5) is 0.254. The number of benzene rings is 1. The van der Waals surface area contributed by atoms with Gasteiger partial charge in [-0.25, -0.2) is 13.1 Å². The van der Waals surface area contributed by atoms with Crippen molar-refractivity contribution in [3.8, 4) is 11.8 Å². The van der Waals surface area contributed by atoms with Gasteiger partial charge in [0.25, 0.3) is 0 Å². The molecule has 0 amide bonds. The first-order valence-electron chi connectivity index (χ1n) is 6.52. The monoisotopic (exact) mass is 310 g/mol. The van der Waals surface area contributed by atoms with E-state index in [1.54, 1.807) is 24.3 Å². The zero-order valence-corrected chi connectivity index (χ0v) is 12.8. The Labute approximate surface area is 124 Å². The molecule has 3 N–H and O–H groups in total. The molecule has 0 aromatic heterocycles. The van der Waals surface area contributed by atoms with Crippen molar-refractivity contribution >= 4 is 21.8 Å². The topological polar surface area (TPSA) is 72.2 Å². The van der Waals surface area contributed by atoms with Crippen LogP contribution in [0.25, 0.3) is 0 Å². The molecule has 6 heteroatoms. The van der Waals surface area contributed by atoms with Gasteiger partial charge in [-0.3, -0.25) is 0 Å². The smallest absolute Gasteiger partial charge is 0.240 e. The third-order valence-electron chi connectivity index (χ3n) is 3.00. The van der Waals surface area contributed by atoms with E-state index in [2.05, 4.69) is 16.6 Å². The van der Waals surface area contributed by atoms with Gasteiger partial charge < -0.3 is 5.73 Å². The van der Waals surface area contributed by atoms with E-state index < -0.39 is 10.0 Å². The van der Waals surface area contributed by atoms with Gasteiger partial charge in [0.2, 0.25) is 10.0 Å². The largest absolute Gasteiger partial charge is 0.320 e. The minimum absolute atomic E-state index is 0.254. The Kier molecular flexibility index (Phi) is 5.49. The summed E-state index contributed by atoms with van der Waals surface area (Å²) in [5.41, 5.74) is 5.97. The lowest BCUT2D eigenvalue weighted by Gasteiger charge is -2.11. The van der Waals surface area contributed by atoms with E-state index in [0.717, 1.165) is 12.2 Å². The van der Waals surface area contributed by atoms with Crippen LogP contribution in [0.15, 0.2) is 29.2 Å². The molecule has 1 aromatic rings. The summed E-state index contributed by atoms with van der Waals surface area (Å²) in [7, 11) is -3.46. The molecule has 1 aromatic carbocycles. The molecular weight excluding hydrogens is 292 g/mol. The summed E-state index contributed by atoms with van der Waals surface area (Å²) >= 11 is 1.83. The molecule has 1 heterocycles. The van der Waals surface area contributed by atoms with Crippen LogP contribution in [-0.4, -0.2) is 32.5 Å². The van der Waals surface area contributed by atoms with Gasteiger partial charge in [-0.05, 0) is 36.8 Å². The second kappa shape index (κ2) is 7.14. The van der Waals surface area contributed by atoms with Crippen LogP contribution in [0.2, 0.25) is 0 Å². The lowest BCUT2D eigenvalue weighted by Crippen LogP contribution is -2.29. The highest BCUT2D eigenvalue weighted by atomic mass is 32.2. The second-order valence-electron chi connectivity index (χ2n) is 4.52. The molecule has 0 saturated carbocycles. The second-order valence-corrected chi connectivity index (χ2v) is 7.70. The average Bonchev–Trinajstić information content (AvgIpc) is 2.97. The Morgan fingerprint density at radius 3 is 3.00 bits per heavy atom. The Balaban J connectivity index is 2.08. The minimum atomic E-state index is -3.46. The van der Waals surface area contributed by atoms with E-state index in [1.165, 1.54) is 6.42 Å². The third-order valence-corrected chi connectivity index (χ3v) is 5.82. The predicted molar refractivity (Wildman–Crippen MR) is 83.0 cm³/mol. The van der Waals surface area contributed by atoms with Gasteiger partial charge in [-0.15, -0.1) is 0 Å². The van der Waals surface area contributed by atoms with Crippen molar-refractivity contribution in [3.63, 3.8) is 0 Å². The Morgan fingerprint density at radius 2 is 2.30 bits per heavy atom. The number of rotatable bonds is 4. The molecule has 20 heavy (non-hydrogen) atoms. The number of nitrogens with one attached hydrogen (secondary N) is 1. The minimum Gasteiger partial charge on any atom is -0.320 e. The summed E-state index contributed by atoms with van der Waals surface area (Å²) < 4.78 is 27.1. The van der Waals surface area contributed by atoms with Crippen LogP contribution in [0.4, 0.5) is 0 Å². The fraction of sp³-hybridized carbons (Fsp3) is 0.429. The standard InChI is InChI=1S/C14H18N2O2S2/c15-8-2-5-12-4-1-7-14(10-12)20(17,18)16-11-13-6-3-9-19-13/h1,4,7,10,13,16H,3,6,8-9,11,15H2. The van der Waals surface area contributed by atoms with Crippen LogP contribution in [0.5, 0.6) is 0 Å². The fourth-order valence-corrected chi connectivity index (χ4v) is 4.42. The predicted octanol–water partition coefficient (Wildman–Crippen LogP) is 1.17. The van der Waals surface area contributed by atoms with Crippen molar-refractivity contribution in [1.29, 1.82) is 0 Å². The molecule has 4 nitrogen and oxygen atoms in total. The van der Waals surface area contributed by atoms with Gasteiger partial charge in [0.15, 0.2) is 0 Å². The van der Waals surface area contributed by atoms with Crippen molar-refractivity contribution < 1.29 is 8.42 Å². The third kappa shape index (κ3) is 4.25. The van der Waals surface area contributed by atoms with Crippen molar-refractivity contribution in [2.45, 2.75) is 23.0 Å². The quantitative estimate of drug-likeness (QED) is 0.819. The molecule has 108 valence electrons. The summed E-state index contributed by atoms with van der Waals surface area (Å²) in [5, 5.41) is 0.394. The maximum absolute atomic E-state index is 12.2. The first kappa shape index (κ1) is 15.4. The van der Waals surface area contributed by atoms with Gasteiger partial charge in [-0.1, -0.05) is 17.9 Å². The first-order chi connectivity index (χ1) is 9.62. The Bertz CT molecular complexity index is 612. The molecule has 0 aliphatic carbocycles. The van der Waals surface area contributed by atoms with Crippen LogP contribution in [0.3, 0.4) is 0 Å². The molecule has 0 bridgehead atoms. The zero-order chi connectivity index (χ0) is 14.4. The highest BCUT2D eigenvalue weighted by Crippen LogP contribution is 2.25. The van der Waals surface area contributed by atoms with E-state index in [0.29, 0.717) is 17.4 Å². The Morgan fingerprint density at radius 1 is 1.45 bits per heavy atom. The maximum Gasteiger partial charge on any atom is 0.240 e. The number of hydrogen-bond donors (Lipinski definition) is 2. The van der Waals surface area contributed by atoms with Gasteiger partial charge in [0.05, 0.1) is 11.4 Å². The fourth-order valence-electron chi connectivity index (χ4n) is 1.99. The molecule has 1 unspecified atom stereocenters. The summed E-state index contributed by atoms with van der Waals surface area (Å²) in [6.45, 7) is 0.750. The summed E-state index contributed by atoms with van der Waals surface area (Å²) in [6.07, 6.45) is 2.25. The SMILES string of the molecule is NCC#Cc1cccc(S(=O)(=O)NCC2CCCS2)c1. The van der Waals surface area contributed by atoms with Crippen molar-refractivity contribution in [2.24, 2.45) is 5.73 Å². The van der Waals surface area contributed by atoms with Crippen LogP contribution in [0, 0.1) is 11.8 Å². The molecule has 2 rings (SSSR count). The van der Waals surface area contributed by atoms with Gasteiger partial charge in [0, 0.05) is 17.4 Å². The number of nitrogens with two attached hydrogens (primary N) is 1. The maximum atomic E-state index is 12.2. The molecule has 1 aliphatic rings. The lowest BCUT2D eigenvalue weighted by molar-refractivity contribution is 0.579. The molecular formula is C14H18N2O2S2. The van der Waals surface area contributed by atoms with Crippen LogP contribution in [-0.2, 0) is 10.0 Å². The van der Waals surface area contributed by atoms with Crippen LogP contribution in [0.1, 0.15) is 18.4 Å². The molecule has 1 fully saturated rings. The van der Waals surface area contributed by atoms with E-state index in [-0.39, 0.29) is 11.4 Å². The summed E-state index contributed by atoms with van der Waals surface area (Å²) in [6, 6.07) is 6.62. The first-order valence-corrected chi connectivity index (χ1v) is 9.05. The van der Waals surface area contributed by atoms with E-state index in [4.69, 9.17) is 5.73 Å². The van der Waals surface area contributed by atoms with Crippen LogP contribution < -0.4 is 10.5 Å². The van der Waals surface area contributed by atoms with E-state index >= 15 is 0 Å². The molecule has 1 atom stereocenters. The number of thioether (sulfide) groups is 1.